The second-order valence-electron chi connectivity index (χ2n) is 8.07. The average molecular weight is 399 g/mol. The van der Waals surface area contributed by atoms with E-state index in [0.29, 0.717) is 23.7 Å². The zero-order chi connectivity index (χ0) is 20.6. The van der Waals surface area contributed by atoms with Crippen molar-refractivity contribution in [2.75, 3.05) is 6.61 Å². The molecule has 2 aromatic rings. The van der Waals surface area contributed by atoms with Crippen molar-refractivity contribution in [3.8, 4) is 11.1 Å². The molecule has 3 rings (SSSR count). The molecule has 0 heterocycles. The Morgan fingerprint density at radius 3 is 2.31 bits per heavy atom. The van der Waals surface area contributed by atoms with E-state index in [0.717, 1.165) is 62.7 Å². The van der Waals surface area contributed by atoms with E-state index >= 15 is 0 Å². The van der Waals surface area contributed by atoms with Gasteiger partial charge in [0.15, 0.2) is 0 Å². The molecular weight excluding hydrogens is 366 g/mol. The highest BCUT2D eigenvalue weighted by molar-refractivity contribution is 5.64. The molecule has 156 valence electrons. The van der Waals surface area contributed by atoms with Gasteiger partial charge in [0.25, 0.3) is 0 Å². The van der Waals surface area contributed by atoms with Gasteiger partial charge in [-0.25, -0.2) is 8.78 Å². The van der Waals surface area contributed by atoms with Crippen LogP contribution in [0, 0.1) is 11.6 Å². The number of ether oxygens (including phenoxy) is 1. The quantitative estimate of drug-likeness (QED) is 0.312. The summed E-state index contributed by atoms with van der Waals surface area (Å²) in [7, 11) is 0. The number of halogens is 2. The van der Waals surface area contributed by atoms with Gasteiger partial charge in [-0.15, -0.1) is 6.58 Å². The highest BCUT2D eigenvalue weighted by atomic mass is 19.1. The topological polar surface area (TPSA) is 9.23 Å². The third kappa shape index (κ3) is 5.76. The Kier molecular flexibility index (Phi) is 8.00. The van der Waals surface area contributed by atoms with Crippen LogP contribution >= 0.6 is 0 Å². The van der Waals surface area contributed by atoms with Crippen LogP contribution in [0.2, 0.25) is 0 Å². The fraction of sp³-hybridized carbons (Fsp3) is 0.462. The molecule has 1 aliphatic carbocycles. The number of rotatable bonds is 9. The highest BCUT2D eigenvalue weighted by Crippen LogP contribution is 2.36. The molecule has 0 saturated heterocycles. The van der Waals surface area contributed by atoms with Crippen molar-refractivity contribution in [1.29, 1.82) is 0 Å². The summed E-state index contributed by atoms with van der Waals surface area (Å²) in [6.07, 6.45) is 9.63. The van der Waals surface area contributed by atoms with Gasteiger partial charge >= 0.3 is 0 Å². The lowest BCUT2D eigenvalue weighted by atomic mass is 9.82. The van der Waals surface area contributed by atoms with Crippen molar-refractivity contribution in [2.45, 2.75) is 70.3 Å². The number of hydrogen-bond acceptors (Lipinski definition) is 1. The first kappa shape index (κ1) is 21.7. The van der Waals surface area contributed by atoms with Crippen molar-refractivity contribution >= 4 is 0 Å². The van der Waals surface area contributed by atoms with Crippen LogP contribution in [0.15, 0.2) is 49.1 Å². The summed E-state index contributed by atoms with van der Waals surface area (Å²) in [6.45, 7) is 6.67. The fourth-order valence-corrected chi connectivity index (χ4v) is 4.16. The third-order valence-corrected chi connectivity index (χ3v) is 5.97. The fourth-order valence-electron chi connectivity index (χ4n) is 4.16. The molecule has 2 aromatic carbocycles. The summed E-state index contributed by atoms with van der Waals surface area (Å²) in [5.41, 5.74) is 2.88. The van der Waals surface area contributed by atoms with Gasteiger partial charge in [0.1, 0.15) is 11.6 Å². The molecule has 0 spiro atoms. The predicted molar refractivity (Wildman–Crippen MR) is 116 cm³/mol. The maximum atomic E-state index is 14.9. The maximum Gasteiger partial charge on any atom is 0.127 e. The minimum absolute atomic E-state index is 0.186. The molecule has 0 aromatic heterocycles. The SMILES string of the molecule is C=CCCc1ccc(-c2ccc(C3CCC(OCCCC)CC3)c(F)c2)cc1F. The molecule has 0 amide bonds. The number of allylic oxidation sites excluding steroid dienone is 1. The van der Waals surface area contributed by atoms with Gasteiger partial charge in [-0.2, -0.15) is 0 Å². The number of benzene rings is 2. The van der Waals surface area contributed by atoms with E-state index in [1.54, 1.807) is 18.2 Å². The Hall–Kier alpha value is -2.00. The Morgan fingerprint density at radius 1 is 1.00 bits per heavy atom. The summed E-state index contributed by atoms with van der Waals surface area (Å²) in [5.74, 6) is -0.183. The third-order valence-electron chi connectivity index (χ3n) is 5.97. The van der Waals surface area contributed by atoms with Gasteiger partial charge in [-0.1, -0.05) is 43.7 Å². The van der Waals surface area contributed by atoms with Crippen molar-refractivity contribution in [3.05, 3.63) is 71.8 Å². The maximum absolute atomic E-state index is 14.9. The van der Waals surface area contributed by atoms with Gasteiger partial charge in [-0.3, -0.25) is 0 Å². The van der Waals surface area contributed by atoms with Crippen LogP contribution in [0.1, 0.15) is 68.9 Å². The number of hydrogen-bond donors (Lipinski definition) is 0. The highest BCUT2D eigenvalue weighted by Gasteiger charge is 2.25. The lowest BCUT2D eigenvalue weighted by Crippen LogP contribution is -2.21. The Morgan fingerprint density at radius 2 is 1.69 bits per heavy atom. The van der Waals surface area contributed by atoms with Crippen LogP contribution in [0.5, 0.6) is 0 Å². The van der Waals surface area contributed by atoms with Crippen LogP contribution in [0.3, 0.4) is 0 Å². The largest absolute Gasteiger partial charge is 0.378 e. The van der Waals surface area contributed by atoms with Gasteiger partial charge < -0.3 is 4.74 Å². The molecule has 0 unspecified atom stereocenters. The second kappa shape index (κ2) is 10.7. The standard InChI is InChI=1S/C26H32F2O/c1-3-5-7-20-8-9-21(17-25(20)27)22-12-15-24(26(28)18-22)19-10-13-23(14-11-19)29-16-6-4-2/h3,8-9,12,15,17-19,23H,1,4-7,10-11,13-14,16H2,2H3. The van der Waals surface area contributed by atoms with E-state index in [9.17, 15) is 8.78 Å². The van der Waals surface area contributed by atoms with E-state index in [4.69, 9.17) is 4.74 Å². The molecule has 0 aliphatic heterocycles. The zero-order valence-corrected chi connectivity index (χ0v) is 17.4. The Balaban J connectivity index is 1.65. The zero-order valence-electron chi connectivity index (χ0n) is 17.4. The van der Waals surface area contributed by atoms with Gasteiger partial charge in [0.05, 0.1) is 6.10 Å². The summed E-state index contributed by atoms with van der Waals surface area (Å²) < 4.78 is 35.1. The molecule has 1 saturated carbocycles. The first-order valence-corrected chi connectivity index (χ1v) is 10.9. The van der Waals surface area contributed by atoms with Crippen LogP contribution in [0.25, 0.3) is 11.1 Å². The molecule has 1 nitrogen and oxygen atoms in total. The summed E-state index contributed by atoms with van der Waals surface area (Å²) >= 11 is 0. The second-order valence-corrected chi connectivity index (χ2v) is 8.07. The van der Waals surface area contributed by atoms with Gasteiger partial charge in [0.2, 0.25) is 0 Å². The first-order chi connectivity index (χ1) is 14.1. The lowest BCUT2D eigenvalue weighted by Gasteiger charge is -2.29. The minimum Gasteiger partial charge on any atom is -0.378 e. The van der Waals surface area contributed by atoms with Crippen LogP contribution in [0.4, 0.5) is 8.78 Å². The molecule has 0 radical (unpaired) electrons. The Bertz CT molecular complexity index is 806. The molecular formula is C26H32F2O. The number of unbranched alkanes of at least 4 members (excludes halogenated alkanes) is 1. The van der Waals surface area contributed by atoms with E-state index < -0.39 is 0 Å². The minimum atomic E-state index is -0.241. The predicted octanol–water partition coefficient (Wildman–Crippen LogP) is 7.59. The van der Waals surface area contributed by atoms with Crippen LogP contribution < -0.4 is 0 Å². The summed E-state index contributed by atoms with van der Waals surface area (Å²) in [4.78, 5) is 0. The molecule has 0 bridgehead atoms. The van der Waals surface area contributed by atoms with E-state index in [-0.39, 0.29) is 17.6 Å². The van der Waals surface area contributed by atoms with Crippen molar-refractivity contribution in [1.82, 2.24) is 0 Å². The molecule has 1 fully saturated rings. The smallest absolute Gasteiger partial charge is 0.127 e. The first-order valence-electron chi connectivity index (χ1n) is 10.9. The van der Waals surface area contributed by atoms with Crippen molar-refractivity contribution in [3.63, 3.8) is 0 Å². The monoisotopic (exact) mass is 398 g/mol. The Labute approximate surface area is 173 Å². The molecule has 0 N–H and O–H groups in total. The number of aryl methyl sites for hydroxylation is 1. The normalized spacial score (nSPS) is 19.3. The van der Waals surface area contributed by atoms with Crippen molar-refractivity contribution in [2.24, 2.45) is 0 Å². The van der Waals surface area contributed by atoms with Crippen LogP contribution in [-0.4, -0.2) is 12.7 Å². The van der Waals surface area contributed by atoms with Crippen LogP contribution in [-0.2, 0) is 11.2 Å². The van der Waals surface area contributed by atoms with Gasteiger partial charge in [-0.05, 0) is 85.3 Å². The average Bonchev–Trinajstić information content (AvgIpc) is 2.73. The summed E-state index contributed by atoms with van der Waals surface area (Å²) in [6, 6.07) is 10.5. The van der Waals surface area contributed by atoms with Gasteiger partial charge in [0, 0.05) is 6.61 Å². The van der Waals surface area contributed by atoms with E-state index in [1.807, 2.05) is 18.2 Å². The van der Waals surface area contributed by atoms with E-state index in [1.165, 1.54) is 6.07 Å². The lowest BCUT2D eigenvalue weighted by molar-refractivity contribution is 0.0230. The molecule has 29 heavy (non-hydrogen) atoms. The van der Waals surface area contributed by atoms with Crippen molar-refractivity contribution < 1.29 is 13.5 Å². The molecule has 1 aliphatic rings. The van der Waals surface area contributed by atoms with E-state index in [2.05, 4.69) is 13.5 Å². The summed E-state index contributed by atoms with van der Waals surface area (Å²) in [5, 5.41) is 0. The molecule has 0 atom stereocenters. The molecule has 3 heteroatoms.